The van der Waals surface area contributed by atoms with E-state index in [0.717, 1.165) is 31.5 Å². The summed E-state index contributed by atoms with van der Waals surface area (Å²) in [6.07, 6.45) is 2.53. The van der Waals surface area contributed by atoms with Crippen LogP contribution in [-0.2, 0) is 17.9 Å². The van der Waals surface area contributed by atoms with Crippen molar-refractivity contribution >= 4 is 11.9 Å². The Morgan fingerprint density at radius 3 is 2.55 bits per heavy atom. The number of carboxylic acid groups (broad SMARTS) is 1. The molecule has 1 aliphatic carbocycles. The number of carbonyl (C=O) groups is 2. The van der Waals surface area contributed by atoms with E-state index < -0.39 is 11.4 Å². The van der Waals surface area contributed by atoms with Crippen LogP contribution >= 0.6 is 0 Å². The van der Waals surface area contributed by atoms with Crippen molar-refractivity contribution in [1.29, 1.82) is 0 Å². The number of hydrogen-bond donors (Lipinski definition) is 1. The average Bonchev–Trinajstić information content (AvgIpc) is 3.27. The number of hydrogen-bond acceptors (Lipinski definition) is 3. The highest BCUT2D eigenvalue weighted by Gasteiger charge is 2.55. The lowest BCUT2D eigenvalue weighted by Gasteiger charge is -2.23. The molecule has 2 aliphatic rings. The highest BCUT2D eigenvalue weighted by atomic mass is 16.4. The summed E-state index contributed by atoms with van der Waals surface area (Å²) < 4.78 is 0. The Morgan fingerprint density at radius 2 is 1.83 bits per heavy atom. The molecule has 1 heterocycles. The third kappa shape index (κ3) is 3.92. The summed E-state index contributed by atoms with van der Waals surface area (Å²) in [5.41, 5.74) is 2.26. The quantitative estimate of drug-likeness (QED) is 0.815. The number of fused-ring (bicyclic) bond motifs is 1. The third-order valence-corrected chi connectivity index (χ3v) is 6.51. The van der Waals surface area contributed by atoms with Crippen molar-refractivity contribution in [3.05, 3.63) is 71.3 Å². The van der Waals surface area contributed by atoms with Crippen LogP contribution in [0.4, 0.5) is 0 Å². The summed E-state index contributed by atoms with van der Waals surface area (Å²) in [7, 11) is 2.07. The van der Waals surface area contributed by atoms with Gasteiger partial charge in [-0.2, -0.15) is 0 Å². The second-order valence-electron chi connectivity index (χ2n) is 8.59. The van der Waals surface area contributed by atoms with Gasteiger partial charge in [-0.05, 0) is 49.1 Å². The van der Waals surface area contributed by atoms with Crippen molar-refractivity contribution in [2.45, 2.75) is 32.4 Å². The molecule has 5 heteroatoms. The van der Waals surface area contributed by atoms with Gasteiger partial charge < -0.3 is 10.0 Å². The Kier molecular flexibility index (Phi) is 5.41. The second kappa shape index (κ2) is 7.99. The molecule has 0 bridgehead atoms. The zero-order chi connectivity index (χ0) is 20.4. The van der Waals surface area contributed by atoms with Crippen LogP contribution in [0.2, 0.25) is 0 Å². The van der Waals surface area contributed by atoms with Crippen molar-refractivity contribution in [2.24, 2.45) is 11.3 Å². The number of likely N-dealkylation sites (tertiary alicyclic amines) is 1. The van der Waals surface area contributed by atoms with E-state index in [1.807, 2.05) is 42.5 Å². The zero-order valence-corrected chi connectivity index (χ0v) is 16.9. The minimum Gasteiger partial charge on any atom is -0.481 e. The summed E-state index contributed by atoms with van der Waals surface area (Å²) in [5, 5.41) is 9.77. The first kappa shape index (κ1) is 19.6. The first-order valence-corrected chi connectivity index (χ1v) is 10.3. The highest BCUT2D eigenvalue weighted by Crippen LogP contribution is 2.49. The molecule has 0 radical (unpaired) electrons. The number of benzene rings is 2. The molecule has 4 rings (SSSR count). The number of aliphatic carboxylic acids is 1. The van der Waals surface area contributed by atoms with Gasteiger partial charge in [0.05, 0.1) is 5.41 Å². The largest absolute Gasteiger partial charge is 0.481 e. The normalized spacial score (nSPS) is 23.4. The van der Waals surface area contributed by atoms with Crippen LogP contribution in [0.1, 0.15) is 40.7 Å². The van der Waals surface area contributed by atoms with Crippen LogP contribution in [-0.4, -0.2) is 46.9 Å². The monoisotopic (exact) mass is 392 g/mol. The number of carbonyl (C=O) groups excluding carboxylic acids is 1. The van der Waals surface area contributed by atoms with Crippen molar-refractivity contribution in [2.75, 3.05) is 20.1 Å². The molecule has 5 nitrogen and oxygen atoms in total. The Bertz CT molecular complexity index is 898. The summed E-state index contributed by atoms with van der Waals surface area (Å²) in [6.45, 7) is 2.49. The minimum absolute atomic E-state index is 0.0485. The van der Waals surface area contributed by atoms with Crippen LogP contribution in [0.15, 0.2) is 54.6 Å². The van der Waals surface area contributed by atoms with Gasteiger partial charge in [0.2, 0.25) is 0 Å². The van der Waals surface area contributed by atoms with Gasteiger partial charge in [-0.1, -0.05) is 48.9 Å². The molecule has 2 aromatic rings. The predicted molar refractivity (Wildman–Crippen MR) is 111 cm³/mol. The van der Waals surface area contributed by atoms with E-state index in [2.05, 4.69) is 24.1 Å². The first-order chi connectivity index (χ1) is 14.0. The molecule has 1 saturated heterocycles. The molecule has 0 unspecified atom stereocenters. The van der Waals surface area contributed by atoms with Crippen LogP contribution in [0, 0.1) is 11.3 Å². The van der Waals surface area contributed by atoms with E-state index in [1.165, 1.54) is 5.56 Å². The van der Waals surface area contributed by atoms with Gasteiger partial charge in [0.25, 0.3) is 5.91 Å². The summed E-state index contributed by atoms with van der Waals surface area (Å²) in [5.74, 6) is -0.705. The lowest BCUT2D eigenvalue weighted by molar-refractivity contribution is -0.149. The fourth-order valence-corrected chi connectivity index (χ4v) is 5.04. The Labute approximate surface area is 171 Å². The van der Waals surface area contributed by atoms with E-state index in [-0.39, 0.29) is 11.8 Å². The number of nitrogens with zero attached hydrogens (tertiary/aromatic N) is 2. The van der Waals surface area contributed by atoms with E-state index >= 15 is 0 Å². The maximum atomic E-state index is 13.1. The molecule has 1 aliphatic heterocycles. The molecule has 0 spiro atoms. The Morgan fingerprint density at radius 1 is 1.10 bits per heavy atom. The lowest BCUT2D eigenvalue weighted by Crippen LogP contribution is -2.37. The highest BCUT2D eigenvalue weighted by molar-refractivity contribution is 5.95. The second-order valence-corrected chi connectivity index (χ2v) is 8.59. The van der Waals surface area contributed by atoms with Crippen molar-refractivity contribution in [1.82, 2.24) is 9.80 Å². The van der Waals surface area contributed by atoms with E-state index in [0.29, 0.717) is 25.1 Å². The standard InChI is InChI=1S/C24H28N2O3/c1-25(14-18-7-3-2-4-8-18)15-19-9-5-10-20(13-19)22(27)26-16-21-11-6-12-24(21,17-26)23(28)29/h2-5,7-10,13,21H,6,11-12,14-17H2,1H3,(H,28,29)/t21-,24+/m0/s1. The summed E-state index contributed by atoms with van der Waals surface area (Å²) >= 11 is 0. The fraction of sp³-hybridized carbons (Fsp3) is 0.417. The van der Waals surface area contributed by atoms with Gasteiger partial charge in [-0.3, -0.25) is 14.5 Å². The van der Waals surface area contributed by atoms with Crippen LogP contribution in [0.25, 0.3) is 0 Å². The molecule has 1 amide bonds. The lowest BCUT2D eigenvalue weighted by atomic mass is 9.81. The SMILES string of the molecule is CN(Cc1ccccc1)Cc1cccc(C(=O)N2C[C@@H]3CCC[C@@]3(C(=O)O)C2)c1. The average molecular weight is 392 g/mol. The maximum Gasteiger partial charge on any atom is 0.311 e. The smallest absolute Gasteiger partial charge is 0.311 e. The number of carboxylic acids is 1. The number of amides is 1. The van der Waals surface area contributed by atoms with Gasteiger partial charge >= 0.3 is 5.97 Å². The molecule has 0 aromatic heterocycles. The van der Waals surface area contributed by atoms with Gasteiger partial charge in [-0.15, -0.1) is 0 Å². The molecule has 2 fully saturated rings. The van der Waals surface area contributed by atoms with Crippen molar-refractivity contribution in [3.8, 4) is 0 Å². The molecule has 29 heavy (non-hydrogen) atoms. The molecule has 2 aromatic carbocycles. The van der Waals surface area contributed by atoms with Gasteiger partial charge in [-0.25, -0.2) is 0 Å². The molecular weight excluding hydrogens is 364 g/mol. The maximum absolute atomic E-state index is 13.1. The van der Waals surface area contributed by atoms with E-state index in [4.69, 9.17) is 0 Å². The molecule has 2 atom stereocenters. The van der Waals surface area contributed by atoms with E-state index in [9.17, 15) is 14.7 Å². The first-order valence-electron chi connectivity index (χ1n) is 10.3. The zero-order valence-electron chi connectivity index (χ0n) is 16.9. The van der Waals surface area contributed by atoms with Crippen LogP contribution in [0.3, 0.4) is 0 Å². The van der Waals surface area contributed by atoms with Gasteiger partial charge in [0, 0.05) is 31.7 Å². The third-order valence-electron chi connectivity index (χ3n) is 6.51. The molecule has 1 N–H and O–H groups in total. The van der Waals surface area contributed by atoms with E-state index in [1.54, 1.807) is 4.90 Å². The summed E-state index contributed by atoms with van der Waals surface area (Å²) in [4.78, 5) is 29.0. The Hall–Kier alpha value is -2.66. The predicted octanol–water partition coefficient (Wildman–Crippen LogP) is 3.65. The van der Waals surface area contributed by atoms with Crippen molar-refractivity contribution in [3.63, 3.8) is 0 Å². The Balaban J connectivity index is 1.43. The van der Waals surface area contributed by atoms with Gasteiger partial charge in [0.1, 0.15) is 0 Å². The molecule has 1 saturated carbocycles. The summed E-state index contributed by atoms with van der Waals surface area (Å²) in [6, 6.07) is 18.1. The van der Waals surface area contributed by atoms with Crippen LogP contribution < -0.4 is 0 Å². The minimum atomic E-state index is -0.744. The number of rotatable bonds is 6. The molecular formula is C24H28N2O3. The van der Waals surface area contributed by atoms with Crippen LogP contribution in [0.5, 0.6) is 0 Å². The fourth-order valence-electron chi connectivity index (χ4n) is 5.04. The topological polar surface area (TPSA) is 60.9 Å². The van der Waals surface area contributed by atoms with Crippen molar-refractivity contribution < 1.29 is 14.7 Å². The van der Waals surface area contributed by atoms with Gasteiger partial charge in [0.15, 0.2) is 0 Å². The molecule has 152 valence electrons.